The first-order valence-corrected chi connectivity index (χ1v) is 8.58. The number of benzene rings is 2. The predicted octanol–water partition coefficient (Wildman–Crippen LogP) is 3.95. The Morgan fingerprint density at radius 3 is 2.10 bits per heavy atom. The van der Waals surface area contributed by atoms with Crippen LogP contribution in [0.25, 0.3) is 10.8 Å². The molecule has 0 amide bonds. The standard InChI is InChI=1S/C21H19NO6.ClH/c1-24-15-7-11-5-6-22-19(12(11)8-16(15)25-2)20-13-9-17(26-3)18(27-4)10-14(13)21(23)28-20;/h5-10,20H,1-4H3;1H. The van der Waals surface area contributed by atoms with Gasteiger partial charge in [0.15, 0.2) is 29.1 Å². The van der Waals surface area contributed by atoms with Gasteiger partial charge in [0.1, 0.15) is 0 Å². The van der Waals surface area contributed by atoms with E-state index in [4.69, 9.17) is 23.7 Å². The second kappa shape index (κ2) is 8.05. The number of carbonyl (C=O) groups excluding carboxylic acids is 1. The van der Waals surface area contributed by atoms with Gasteiger partial charge in [-0.05, 0) is 35.7 Å². The van der Waals surface area contributed by atoms with Gasteiger partial charge in [0.25, 0.3) is 0 Å². The molecule has 0 bridgehead atoms. The number of fused-ring (bicyclic) bond motifs is 2. The van der Waals surface area contributed by atoms with E-state index in [1.807, 2.05) is 18.2 Å². The smallest absolute Gasteiger partial charge is 0.339 e. The molecule has 0 spiro atoms. The SMILES string of the molecule is COc1cc2c(cc1OC)C(c1nccc3cc(OC)c(OC)cc13)OC2=O.Cl. The second-order valence-corrected chi connectivity index (χ2v) is 6.20. The highest BCUT2D eigenvalue weighted by atomic mass is 35.5. The van der Waals surface area contributed by atoms with Gasteiger partial charge in [0.05, 0.1) is 39.7 Å². The fraction of sp³-hybridized carbons (Fsp3) is 0.238. The molecule has 1 aliphatic rings. The Hall–Kier alpha value is -3.19. The lowest BCUT2D eigenvalue weighted by molar-refractivity contribution is 0.0451. The number of rotatable bonds is 5. The Morgan fingerprint density at radius 1 is 0.862 bits per heavy atom. The van der Waals surface area contributed by atoms with E-state index in [9.17, 15) is 4.79 Å². The van der Waals surface area contributed by atoms with E-state index in [0.29, 0.717) is 39.8 Å². The number of hydrogen-bond acceptors (Lipinski definition) is 7. The molecule has 4 rings (SSSR count). The van der Waals surface area contributed by atoms with E-state index < -0.39 is 12.1 Å². The maximum Gasteiger partial charge on any atom is 0.339 e. The molecule has 0 fully saturated rings. The molecule has 7 nitrogen and oxygen atoms in total. The van der Waals surface area contributed by atoms with Crippen LogP contribution < -0.4 is 18.9 Å². The monoisotopic (exact) mass is 417 g/mol. The fourth-order valence-electron chi connectivity index (χ4n) is 3.46. The fourth-order valence-corrected chi connectivity index (χ4v) is 3.46. The largest absolute Gasteiger partial charge is 0.493 e. The van der Waals surface area contributed by atoms with Crippen molar-refractivity contribution in [1.29, 1.82) is 0 Å². The normalized spacial score (nSPS) is 14.6. The number of hydrogen-bond donors (Lipinski definition) is 0. The van der Waals surface area contributed by atoms with E-state index in [1.54, 1.807) is 39.7 Å². The summed E-state index contributed by atoms with van der Waals surface area (Å²) in [7, 11) is 6.22. The molecule has 1 aliphatic heterocycles. The molecular weight excluding hydrogens is 398 g/mol. The van der Waals surface area contributed by atoms with Crippen LogP contribution in [-0.2, 0) is 4.74 Å². The quantitative estimate of drug-likeness (QED) is 0.582. The van der Waals surface area contributed by atoms with Gasteiger partial charge in [-0.3, -0.25) is 4.98 Å². The van der Waals surface area contributed by atoms with E-state index in [2.05, 4.69) is 4.98 Å². The van der Waals surface area contributed by atoms with Gasteiger partial charge in [-0.25, -0.2) is 4.79 Å². The van der Waals surface area contributed by atoms with Gasteiger partial charge < -0.3 is 23.7 Å². The van der Waals surface area contributed by atoms with Gasteiger partial charge in [-0.1, -0.05) is 0 Å². The van der Waals surface area contributed by atoms with Crippen molar-refractivity contribution in [1.82, 2.24) is 4.98 Å². The summed E-state index contributed by atoms with van der Waals surface area (Å²) in [5.41, 5.74) is 1.72. The molecule has 1 aromatic heterocycles. The van der Waals surface area contributed by atoms with Crippen LogP contribution in [0.5, 0.6) is 23.0 Å². The predicted molar refractivity (Wildman–Crippen MR) is 109 cm³/mol. The summed E-state index contributed by atoms with van der Waals surface area (Å²) in [6.45, 7) is 0. The van der Waals surface area contributed by atoms with Crippen molar-refractivity contribution in [2.45, 2.75) is 6.10 Å². The van der Waals surface area contributed by atoms with Gasteiger partial charge in [-0.15, -0.1) is 12.4 Å². The van der Waals surface area contributed by atoms with Crippen LogP contribution in [0, 0.1) is 0 Å². The number of methoxy groups -OCH3 is 4. The third kappa shape index (κ3) is 3.27. The number of aromatic nitrogens is 1. The van der Waals surface area contributed by atoms with Crippen LogP contribution in [0.2, 0.25) is 0 Å². The van der Waals surface area contributed by atoms with Crippen molar-refractivity contribution in [2.75, 3.05) is 28.4 Å². The Bertz CT molecular complexity index is 1080. The second-order valence-electron chi connectivity index (χ2n) is 6.20. The molecule has 2 aromatic carbocycles. The van der Waals surface area contributed by atoms with Crippen LogP contribution in [0.1, 0.15) is 27.7 Å². The summed E-state index contributed by atoms with van der Waals surface area (Å²) in [6, 6.07) is 8.96. The van der Waals surface area contributed by atoms with Crippen LogP contribution in [0.4, 0.5) is 0 Å². The van der Waals surface area contributed by atoms with E-state index in [-0.39, 0.29) is 12.4 Å². The van der Waals surface area contributed by atoms with Crippen LogP contribution in [0.15, 0.2) is 36.5 Å². The minimum absolute atomic E-state index is 0. The van der Waals surface area contributed by atoms with Crippen LogP contribution in [0.3, 0.4) is 0 Å². The summed E-state index contributed by atoms with van der Waals surface area (Å²) >= 11 is 0. The first-order chi connectivity index (χ1) is 13.6. The van der Waals surface area contributed by atoms with Crippen LogP contribution in [-0.4, -0.2) is 39.4 Å². The van der Waals surface area contributed by atoms with Crippen molar-refractivity contribution >= 4 is 29.1 Å². The molecule has 8 heteroatoms. The lowest BCUT2D eigenvalue weighted by Crippen LogP contribution is -2.04. The molecule has 0 radical (unpaired) electrons. The Kier molecular flexibility index (Phi) is 5.70. The molecule has 2 heterocycles. The summed E-state index contributed by atoms with van der Waals surface area (Å²) in [5, 5.41) is 1.70. The number of ether oxygens (including phenoxy) is 5. The maximum absolute atomic E-state index is 12.5. The lowest BCUT2D eigenvalue weighted by atomic mass is 9.98. The van der Waals surface area contributed by atoms with Crippen molar-refractivity contribution < 1.29 is 28.5 Å². The summed E-state index contributed by atoms with van der Waals surface area (Å²) in [5.74, 6) is 1.74. The molecule has 29 heavy (non-hydrogen) atoms. The van der Waals surface area contributed by atoms with Gasteiger partial charge >= 0.3 is 5.97 Å². The average molecular weight is 418 g/mol. The topological polar surface area (TPSA) is 76.1 Å². The van der Waals surface area contributed by atoms with Gasteiger partial charge in [0, 0.05) is 17.1 Å². The molecule has 152 valence electrons. The molecule has 0 N–H and O–H groups in total. The molecule has 0 aliphatic carbocycles. The lowest BCUT2D eigenvalue weighted by Gasteiger charge is -2.16. The molecular formula is C21H20ClNO6. The number of carbonyl (C=O) groups is 1. The molecule has 1 atom stereocenters. The highest BCUT2D eigenvalue weighted by Gasteiger charge is 2.36. The number of esters is 1. The van der Waals surface area contributed by atoms with Crippen molar-refractivity contribution in [3.63, 3.8) is 0 Å². The highest BCUT2D eigenvalue weighted by Crippen LogP contribution is 2.44. The zero-order valence-electron chi connectivity index (χ0n) is 16.3. The Labute approximate surface area is 173 Å². The number of cyclic esters (lactones) is 1. The highest BCUT2D eigenvalue weighted by molar-refractivity contribution is 5.97. The van der Waals surface area contributed by atoms with Crippen molar-refractivity contribution in [2.24, 2.45) is 0 Å². The Morgan fingerprint density at radius 2 is 1.45 bits per heavy atom. The molecule has 3 aromatic rings. The van der Waals surface area contributed by atoms with E-state index >= 15 is 0 Å². The zero-order valence-corrected chi connectivity index (χ0v) is 17.2. The Balaban J connectivity index is 0.00000240. The molecule has 0 saturated heterocycles. The first kappa shape index (κ1) is 20.5. The molecule has 1 unspecified atom stereocenters. The number of pyridine rings is 1. The minimum Gasteiger partial charge on any atom is -0.493 e. The van der Waals surface area contributed by atoms with Crippen LogP contribution >= 0.6 is 12.4 Å². The average Bonchev–Trinajstić information content (AvgIpc) is 3.06. The van der Waals surface area contributed by atoms with Crippen molar-refractivity contribution in [3.05, 3.63) is 53.3 Å². The maximum atomic E-state index is 12.5. The summed E-state index contributed by atoms with van der Waals surface area (Å²) in [4.78, 5) is 17.0. The van der Waals surface area contributed by atoms with Gasteiger partial charge in [0.2, 0.25) is 0 Å². The van der Waals surface area contributed by atoms with Gasteiger partial charge in [-0.2, -0.15) is 0 Å². The first-order valence-electron chi connectivity index (χ1n) is 8.58. The number of halogens is 1. The summed E-state index contributed by atoms with van der Waals surface area (Å²) in [6.07, 6.45) is 1.01. The molecule has 0 saturated carbocycles. The third-order valence-corrected chi connectivity index (χ3v) is 4.83. The van der Waals surface area contributed by atoms with Crippen molar-refractivity contribution in [3.8, 4) is 23.0 Å². The minimum atomic E-state index is -0.663. The van der Waals surface area contributed by atoms with E-state index in [1.165, 1.54) is 7.11 Å². The van der Waals surface area contributed by atoms with E-state index in [0.717, 1.165) is 10.8 Å². The summed E-state index contributed by atoms with van der Waals surface area (Å²) < 4.78 is 27.2. The third-order valence-electron chi connectivity index (χ3n) is 4.83. The zero-order chi connectivity index (χ0) is 19.8. The number of nitrogens with zero attached hydrogens (tertiary/aromatic N) is 1.